The van der Waals surface area contributed by atoms with Crippen LogP contribution < -0.4 is 15.8 Å². The summed E-state index contributed by atoms with van der Waals surface area (Å²) in [6.07, 6.45) is 1.69. The van der Waals surface area contributed by atoms with Gasteiger partial charge in [0.1, 0.15) is 17.6 Å². The van der Waals surface area contributed by atoms with Gasteiger partial charge in [-0.15, -0.1) is 0 Å². The normalized spacial score (nSPS) is 12.4. The van der Waals surface area contributed by atoms with Gasteiger partial charge in [-0.05, 0) is 18.1 Å². The third-order valence-electron chi connectivity index (χ3n) is 3.25. The molecular weight excluding hydrogens is 254 g/mol. The number of fused-ring (bicyclic) bond motifs is 1. The van der Waals surface area contributed by atoms with Crippen LogP contribution in [0.5, 0.6) is 5.75 Å². The van der Waals surface area contributed by atoms with Crippen molar-refractivity contribution in [3.05, 3.63) is 30.5 Å². The molecule has 106 valence electrons. The molecule has 1 unspecified atom stereocenters. The van der Waals surface area contributed by atoms with Crippen molar-refractivity contribution in [2.75, 3.05) is 12.4 Å². The number of ether oxygens (including phenoxy) is 1. The van der Waals surface area contributed by atoms with Gasteiger partial charge in [0.25, 0.3) is 0 Å². The van der Waals surface area contributed by atoms with Gasteiger partial charge < -0.3 is 15.8 Å². The first-order valence-electron chi connectivity index (χ1n) is 6.52. The largest absolute Gasteiger partial charge is 0.496 e. The van der Waals surface area contributed by atoms with Crippen molar-refractivity contribution < 1.29 is 9.53 Å². The first-order chi connectivity index (χ1) is 9.54. The van der Waals surface area contributed by atoms with Crippen LogP contribution in [0.4, 0.5) is 5.82 Å². The topological polar surface area (TPSA) is 77.2 Å². The quantitative estimate of drug-likeness (QED) is 0.875. The van der Waals surface area contributed by atoms with Crippen molar-refractivity contribution in [1.82, 2.24) is 4.98 Å². The Balaban J connectivity index is 2.47. The number of methoxy groups -OCH3 is 1. The highest BCUT2D eigenvalue weighted by Gasteiger charge is 2.20. The number of rotatable bonds is 5. The van der Waals surface area contributed by atoms with Gasteiger partial charge in [0.05, 0.1) is 7.11 Å². The molecule has 5 heteroatoms. The molecule has 3 N–H and O–H groups in total. The van der Waals surface area contributed by atoms with Crippen LogP contribution in [0.15, 0.2) is 30.5 Å². The van der Waals surface area contributed by atoms with E-state index in [0.717, 1.165) is 16.5 Å². The van der Waals surface area contributed by atoms with E-state index in [1.807, 2.05) is 38.1 Å². The molecule has 2 aromatic rings. The van der Waals surface area contributed by atoms with Crippen LogP contribution in [-0.4, -0.2) is 24.0 Å². The third kappa shape index (κ3) is 2.66. The summed E-state index contributed by atoms with van der Waals surface area (Å²) in [5, 5.41) is 4.98. The van der Waals surface area contributed by atoms with Crippen molar-refractivity contribution in [3.8, 4) is 5.75 Å². The molecular formula is C15H19N3O2. The summed E-state index contributed by atoms with van der Waals surface area (Å²) >= 11 is 0. The standard InChI is InChI=1S/C15H19N3O2/c1-9(2)13(14(16)19)18-15-11-5-4-6-12(20-3)10(11)7-8-17-15/h4-9,13H,1-3H3,(H2,16,19)(H,17,18). The van der Waals surface area contributed by atoms with Crippen LogP contribution in [0.1, 0.15) is 13.8 Å². The van der Waals surface area contributed by atoms with Crippen LogP contribution in [0.3, 0.4) is 0 Å². The Labute approximate surface area is 118 Å². The van der Waals surface area contributed by atoms with Gasteiger partial charge in [-0.3, -0.25) is 4.79 Å². The minimum Gasteiger partial charge on any atom is -0.496 e. The third-order valence-corrected chi connectivity index (χ3v) is 3.25. The number of nitrogens with zero attached hydrogens (tertiary/aromatic N) is 1. The highest BCUT2D eigenvalue weighted by atomic mass is 16.5. The second-order valence-corrected chi connectivity index (χ2v) is 4.98. The molecule has 0 bridgehead atoms. The molecule has 1 heterocycles. The lowest BCUT2D eigenvalue weighted by atomic mass is 10.0. The summed E-state index contributed by atoms with van der Waals surface area (Å²) < 4.78 is 5.34. The highest BCUT2D eigenvalue weighted by molar-refractivity contribution is 5.97. The molecule has 0 radical (unpaired) electrons. The van der Waals surface area contributed by atoms with Crippen molar-refractivity contribution in [2.45, 2.75) is 19.9 Å². The van der Waals surface area contributed by atoms with Crippen LogP contribution in [-0.2, 0) is 4.79 Å². The summed E-state index contributed by atoms with van der Waals surface area (Å²) in [6, 6.07) is 7.14. The number of benzene rings is 1. The Kier molecular flexibility index (Phi) is 4.08. The van der Waals surface area contributed by atoms with Crippen molar-refractivity contribution >= 4 is 22.5 Å². The highest BCUT2D eigenvalue weighted by Crippen LogP contribution is 2.29. The predicted octanol–water partition coefficient (Wildman–Crippen LogP) is 2.17. The molecule has 0 aliphatic rings. The van der Waals surface area contributed by atoms with Crippen molar-refractivity contribution in [3.63, 3.8) is 0 Å². The lowest BCUT2D eigenvalue weighted by Gasteiger charge is -2.20. The van der Waals surface area contributed by atoms with Gasteiger partial charge in [0, 0.05) is 17.0 Å². The first kappa shape index (κ1) is 14.1. The maximum Gasteiger partial charge on any atom is 0.240 e. The second-order valence-electron chi connectivity index (χ2n) is 4.98. The number of primary amides is 1. The lowest BCUT2D eigenvalue weighted by molar-refractivity contribution is -0.119. The number of amides is 1. The van der Waals surface area contributed by atoms with E-state index in [-0.39, 0.29) is 11.8 Å². The maximum absolute atomic E-state index is 11.5. The molecule has 1 amide bonds. The zero-order valence-corrected chi connectivity index (χ0v) is 11.9. The summed E-state index contributed by atoms with van der Waals surface area (Å²) in [5.41, 5.74) is 5.43. The molecule has 0 saturated carbocycles. The average molecular weight is 273 g/mol. The number of aromatic nitrogens is 1. The Hall–Kier alpha value is -2.30. The SMILES string of the molecule is COc1cccc2c(NC(C(N)=O)C(C)C)nccc12. The number of nitrogens with one attached hydrogen (secondary N) is 1. The van der Waals surface area contributed by atoms with Gasteiger partial charge in [-0.25, -0.2) is 4.98 Å². The summed E-state index contributed by atoms with van der Waals surface area (Å²) in [6.45, 7) is 3.88. The summed E-state index contributed by atoms with van der Waals surface area (Å²) in [4.78, 5) is 15.8. The molecule has 0 aliphatic carbocycles. The summed E-state index contributed by atoms with van der Waals surface area (Å²) in [5.74, 6) is 1.10. The predicted molar refractivity (Wildman–Crippen MR) is 79.7 cm³/mol. The van der Waals surface area contributed by atoms with E-state index in [9.17, 15) is 4.79 Å². The minimum atomic E-state index is -0.459. The Morgan fingerprint density at radius 3 is 2.65 bits per heavy atom. The number of pyridine rings is 1. The van der Waals surface area contributed by atoms with Gasteiger partial charge >= 0.3 is 0 Å². The van der Waals surface area contributed by atoms with Gasteiger partial charge in [0.2, 0.25) is 5.91 Å². The fourth-order valence-electron chi connectivity index (χ4n) is 2.18. The van der Waals surface area contributed by atoms with Crippen molar-refractivity contribution in [2.24, 2.45) is 11.7 Å². The first-order valence-corrected chi connectivity index (χ1v) is 6.52. The van der Waals surface area contributed by atoms with Crippen LogP contribution in [0, 0.1) is 5.92 Å². The summed E-state index contributed by atoms with van der Waals surface area (Å²) in [7, 11) is 1.63. The molecule has 1 aromatic carbocycles. The van der Waals surface area contributed by atoms with Crippen molar-refractivity contribution in [1.29, 1.82) is 0 Å². The van der Waals surface area contributed by atoms with E-state index in [1.54, 1.807) is 13.3 Å². The second kappa shape index (κ2) is 5.77. The Bertz CT molecular complexity index is 626. The molecule has 0 fully saturated rings. The van der Waals surface area contributed by atoms with E-state index in [0.29, 0.717) is 5.82 Å². The molecule has 2 rings (SSSR count). The molecule has 0 saturated heterocycles. The maximum atomic E-state index is 11.5. The molecule has 5 nitrogen and oxygen atoms in total. The van der Waals surface area contributed by atoms with E-state index in [1.165, 1.54) is 0 Å². The number of carbonyl (C=O) groups excluding carboxylic acids is 1. The van der Waals surface area contributed by atoms with Gasteiger partial charge in [0.15, 0.2) is 0 Å². The van der Waals surface area contributed by atoms with E-state index in [4.69, 9.17) is 10.5 Å². The zero-order valence-electron chi connectivity index (χ0n) is 11.9. The van der Waals surface area contributed by atoms with Gasteiger partial charge in [-0.2, -0.15) is 0 Å². The minimum absolute atomic E-state index is 0.0789. The van der Waals surface area contributed by atoms with Crippen LogP contribution in [0.2, 0.25) is 0 Å². The van der Waals surface area contributed by atoms with E-state index in [2.05, 4.69) is 10.3 Å². The lowest BCUT2D eigenvalue weighted by Crippen LogP contribution is -2.39. The smallest absolute Gasteiger partial charge is 0.240 e. The molecule has 1 aromatic heterocycles. The zero-order chi connectivity index (χ0) is 14.7. The number of hydrogen-bond acceptors (Lipinski definition) is 4. The number of nitrogens with two attached hydrogens (primary N) is 1. The number of carbonyl (C=O) groups is 1. The molecule has 0 aliphatic heterocycles. The fraction of sp³-hybridized carbons (Fsp3) is 0.333. The number of hydrogen-bond donors (Lipinski definition) is 2. The molecule has 20 heavy (non-hydrogen) atoms. The monoisotopic (exact) mass is 273 g/mol. The van der Waals surface area contributed by atoms with E-state index < -0.39 is 6.04 Å². The number of anilines is 1. The van der Waals surface area contributed by atoms with E-state index >= 15 is 0 Å². The Morgan fingerprint density at radius 2 is 2.05 bits per heavy atom. The van der Waals surface area contributed by atoms with Gasteiger partial charge in [-0.1, -0.05) is 26.0 Å². The molecule has 0 spiro atoms. The van der Waals surface area contributed by atoms with Crippen LogP contribution >= 0.6 is 0 Å². The fourth-order valence-corrected chi connectivity index (χ4v) is 2.18. The van der Waals surface area contributed by atoms with Crippen LogP contribution in [0.25, 0.3) is 10.8 Å². The molecule has 1 atom stereocenters. The Morgan fingerprint density at radius 1 is 1.30 bits per heavy atom. The average Bonchev–Trinajstić information content (AvgIpc) is 2.43.